The van der Waals surface area contributed by atoms with Crippen molar-refractivity contribution in [2.24, 2.45) is 94.7 Å². The minimum atomic E-state index is -5.86. The Bertz CT molecular complexity index is 2800. The molecule has 0 aromatic carbocycles. The van der Waals surface area contributed by atoms with Gasteiger partial charge in [0.25, 0.3) is 5.60 Å². The highest BCUT2D eigenvalue weighted by Gasteiger charge is 2.71. The molecule has 5 saturated carbocycles. The summed E-state index contributed by atoms with van der Waals surface area (Å²) in [6.45, 7) is -2.20. The number of ether oxygens (including phenoxy) is 7. The molecule has 20 unspecified atom stereocenters. The second kappa shape index (κ2) is 37.3. The van der Waals surface area contributed by atoms with Crippen molar-refractivity contribution in [3.05, 3.63) is 60.8 Å². The number of hydrogen-bond donors (Lipinski definition) is 6. The zero-order chi connectivity index (χ0) is 80.3. The van der Waals surface area contributed by atoms with Crippen LogP contribution in [0.3, 0.4) is 0 Å². The molecule has 107 heavy (non-hydrogen) atoms. The monoisotopic (exact) mass is 1590 g/mol. The van der Waals surface area contributed by atoms with Crippen LogP contribution < -0.4 is 0 Å². The number of halogens is 21. The van der Waals surface area contributed by atoms with Gasteiger partial charge in [0.05, 0.1) is 79.3 Å². The van der Waals surface area contributed by atoms with Gasteiger partial charge in [-0.2, -0.15) is 92.2 Å². The Morgan fingerprint density at radius 2 is 0.561 bits per heavy atom. The zero-order valence-corrected chi connectivity index (χ0v) is 60.5. The van der Waals surface area contributed by atoms with Gasteiger partial charge in [0, 0.05) is 19.1 Å². The molecule has 20 atom stereocenters. The Morgan fingerprint density at radius 3 is 0.879 bits per heavy atom. The number of allylic oxidation sites excluding steroid dienone is 10. The quantitative estimate of drug-likeness (QED) is 0.0207. The van der Waals surface area contributed by atoms with Gasteiger partial charge in [-0.05, 0) is 213 Å². The maximum Gasteiger partial charge on any atom is 0.428 e. The summed E-state index contributed by atoms with van der Waals surface area (Å²) < 4.78 is 297. The highest BCUT2D eigenvalue weighted by Crippen LogP contribution is 2.50. The Labute approximate surface area is 610 Å². The van der Waals surface area contributed by atoms with Crippen molar-refractivity contribution in [2.75, 3.05) is 92.5 Å². The van der Waals surface area contributed by atoms with E-state index in [2.05, 4.69) is 65.5 Å². The molecule has 622 valence electrons. The molecule has 0 aliphatic heterocycles. The fraction of sp³-hybridized carbons (Fsp3) is 0.863. The van der Waals surface area contributed by atoms with Crippen LogP contribution in [0.15, 0.2) is 60.8 Å². The van der Waals surface area contributed by atoms with Crippen LogP contribution in [0.2, 0.25) is 0 Å². The Morgan fingerprint density at radius 1 is 0.280 bits per heavy atom. The van der Waals surface area contributed by atoms with Crippen LogP contribution >= 0.6 is 0 Å². The van der Waals surface area contributed by atoms with E-state index < -0.39 is 129 Å². The smallest absolute Gasteiger partial charge is 0.379 e. The molecular weight excluding hydrogens is 1480 g/mol. The van der Waals surface area contributed by atoms with Gasteiger partial charge >= 0.3 is 43.2 Å². The molecule has 10 aliphatic rings. The van der Waals surface area contributed by atoms with E-state index >= 15 is 0 Å². The van der Waals surface area contributed by atoms with Gasteiger partial charge < -0.3 is 63.8 Å². The minimum Gasteiger partial charge on any atom is -0.379 e. The third-order valence-electron chi connectivity index (χ3n) is 22.4. The van der Waals surface area contributed by atoms with Crippen LogP contribution in [0.4, 0.5) is 92.2 Å². The number of unbranched alkanes of at least 4 members (excludes halogenated alkanes) is 1. The van der Waals surface area contributed by atoms with Gasteiger partial charge in [0.15, 0.2) is 28.0 Å². The summed E-state index contributed by atoms with van der Waals surface area (Å²) >= 11 is 0. The van der Waals surface area contributed by atoms with Crippen molar-refractivity contribution in [2.45, 2.75) is 208 Å². The van der Waals surface area contributed by atoms with E-state index in [9.17, 15) is 118 Å². The van der Waals surface area contributed by atoms with E-state index in [1.807, 2.05) is 0 Å². The molecular formula is C73H105F21O13. The van der Waals surface area contributed by atoms with Crippen molar-refractivity contribution < 1.29 is 156 Å². The average Bonchev–Trinajstić information content (AvgIpc) is 1.75. The fourth-order valence-electron chi connectivity index (χ4n) is 15.4. The van der Waals surface area contributed by atoms with Crippen LogP contribution in [0.1, 0.15) is 131 Å². The molecule has 10 rings (SSSR count). The second-order valence-corrected chi connectivity index (χ2v) is 32.1. The molecule has 0 aromatic rings. The number of hydrogen-bond acceptors (Lipinski definition) is 13. The summed E-state index contributed by atoms with van der Waals surface area (Å²) in [6, 6.07) is 0. The summed E-state index contributed by atoms with van der Waals surface area (Å²) in [5.74, 6) is 7.33. The maximum absolute atomic E-state index is 12.7. The average molecular weight is 1590 g/mol. The van der Waals surface area contributed by atoms with E-state index in [0.29, 0.717) is 98.6 Å². The van der Waals surface area contributed by atoms with Gasteiger partial charge in [-0.3, -0.25) is 0 Å². The van der Waals surface area contributed by atoms with Crippen molar-refractivity contribution in [1.82, 2.24) is 0 Å². The molecule has 5 fully saturated rings. The van der Waals surface area contributed by atoms with E-state index in [1.54, 1.807) is 0 Å². The standard InChI is InChI=1S/C19H28F6O4.C15H23F3O2.C14H18F6O3.C13H19F3O2.C12H17F3O2/c1-16(26,18(20,21)22)10-28-8-13(7-15-6-12-3-4-14(15)5-12)9-29-11-17(2,27)19(23,24)25;1-14(19,15(16,17)18)10-20-7-3-2-4-12-8-11-5-6-13(12)9-11;15-13(16,17)12(21,14(18,19)20)8-23-4-3-22-7-11-6-9-1-2-10(11)5-9;1-12(17,13(14,15)16)8-18-5-4-11-7-9-2-3-10(11)6-9;1-11(16,12(13,14)15)7-17-6-10-5-8-2-3-9(10)4-8/h3-4,12-15,26-27H,5-11H2,1-2H3;5-6,11-13,19H,2-4,7-10H2,1H3;1-2,9-11,21H,3-8H2;2-3,9-11,17H,4-8H2,1H3;2-3,8-10,16H,4-7H2,1H3. The second-order valence-electron chi connectivity index (χ2n) is 32.1. The van der Waals surface area contributed by atoms with Gasteiger partial charge in [-0.1, -0.05) is 67.2 Å². The molecule has 13 nitrogen and oxygen atoms in total. The third kappa shape index (κ3) is 26.7. The molecule has 0 aromatic heterocycles. The highest BCUT2D eigenvalue weighted by molar-refractivity contribution is 5.13. The van der Waals surface area contributed by atoms with Crippen LogP contribution in [0.5, 0.6) is 0 Å². The lowest BCUT2D eigenvalue weighted by atomic mass is 9.85. The Hall–Kier alpha value is -3.29. The first-order valence-electron chi connectivity index (χ1n) is 36.3. The first-order chi connectivity index (χ1) is 49.1. The molecule has 0 heterocycles. The summed E-state index contributed by atoms with van der Waals surface area (Å²) in [6.07, 6.45) is 1.63. The molecule has 0 amide bonds. The number of alkyl halides is 21. The van der Waals surface area contributed by atoms with Crippen molar-refractivity contribution in [1.29, 1.82) is 0 Å². The van der Waals surface area contributed by atoms with Crippen molar-refractivity contribution >= 4 is 0 Å². The predicted molar refractivity (Wildman–Crippen MR) is 347 cm³/mol. The number of aliphatic hydroxyl groups is 6. The molecule has 0 saturated heterocycles. The lowest BCUT2D eigenvalue weighted by Gasteiger charge is -2.31. The highest BCUT2D eigenvalue weighted by atomic mass is 19.4. The largest absolute Gasteiger partial charge is 0.428 e. The maximum atomic E-state index is 12.7. The summed E-state index contributed by atoms with van der Waals surface area (Å²) in [4.78, 5) is 0. The fourth-order valence-corrected chi connectivity index (χ4v) is 15.4. The lowest BCUT2D eigenvalue weighted by molar-refractivity contribution is -0.378. The minimum absolute atomic E-state index is 0.122. The SMILES string of the molecule is CC(O)(COCC(COCC(C)(O)C(F)(F)F)CC1CC2C=CC1C2)C(F)(F)F.CC(O)(COCC1CC2C=CC1C2)C(F)(F)F.CC(O)(COCCC1CC2C=CC1C2)C(F)(F)F.CC(O)(COCCCCC1CC2C=CC1C2)C(F)(F)F.OC(COCCOCC1CC2C=CC1C2)(C(F)(F)F)C(F)(F)F. The van der Waals surface area contributed by atoms with E-state index in [-0.39, 0.29) is 39.0 Å². The van der Waals surface area contributed by atoms with Gasteiger partial charge in [-0.15, -0.1) is 0 Å². The number of rotatable bonds is 33. The number of fused-ring (bicyclic) bond motifs is 10. The molecule has 0 radical (unpaired) electrons. The molecule has 10 bridgehead atoms. The van der Waals surface area contributed by atoms with Crippen LogP contribution in [0, 0.1) is 94.7 Å². The first kappa shape index (κ1) is 92.6. The Kier molecular flexibility index (Phi) is 32.3. The summed E-state index contributed by atoms with van der Waals surface area (Å²) in [5, 5.41) is 55.4. The van der Waals surface area contributed by atoms with Gasteiger partial charge in [0.1, 0.15) is 0 Å². The van der Waals surface area contributed by atoms with Crippen LogP contribution in [-0.2, 0) is 33.2 Å². The molecule has 6 N–H and O–H groups in total. The van der Waals surface area contributed by atoms with Gasteiger partial charge in [-0.25, -0.2) is 0 Å². The lowest BCUT2D eigenvalue weighted by Crippen LogP contribution is -2.60. The molecule has 34 heteroatoms. The third-order valence-corrected chi connectivity index (χ3v) is 22.4. The van der Waals surface area contributed by atoms with Crippen molar-refractivity contribution in [3.63, 3.8) is 0 Å². The summed E-state index contributed by atoms with van der Waals surface area (Å²) in [7, 11) is 0. The zero-order valence-electron chi connectivity index (χ0n) is 60.5. The van der Waals surface area contributed by atoms with Crippen LogP contribution in [-0.4, -0.2) is 200 Å². The van der Waals surface area contributed by atoms with Gasteiger partial charge in [0.2, 0.25) is 0 Å². The van der Waals surface area contributed by atoms with E-state index in [4.69, 9.17) is 33.5 Å². The van der Waals surface area contributed by atoms with Crippen LogP contribution in [0.25, 0.3) is 0 Å². The molecule has 10 aliphatic carbocycles. The van der Waals surface area contributed by atoms with E-state index in [1.165, 1.54) is 19.3 Å². The van der Waals surface area contributed by atoms with Crippen molar-refractivity contribution in [3.8, 4) is 0 Å². The van der Waals surface area contributed by atoms with E-state index in [0.717, 1.165) is 109 Å². The summed E-state index contributed by atoms with van der Waals surface area (Å²) in [5.41, 5.74) is -19.2. The first-order valence-corrected chi connectivity index (χ1v) is 36.3. The normalized spacial score (nSPS) is 31.3. The predicted octanol–water partition coefficient (Wildman–Crippen LogP) is 16.1. The Balaban J connectivity index is 0.000000212. The molecule has 0 spiro atoms. The topological polar surface area (TPSA) is 186 Å².